The summed E-state index contributed by atoms with van der Waals surface area (Å²) in [6, 6.07) is 25.3. The van der Waals surface area contributed by atoms with Gasteiger partial charge in [0.15, 0.2) is 0 Å². The van der Waals surface area contributed by atoms with E-state index < -0.39 is 10.0 Å². The molecule has 6 heteroatoms. The van der Waals surface area contributed by atoms with E-state index in [4.69, 9.17) is 0 Å². The van der Waals surface area contributed by atoms with Gasteiger partial charge in [0.2, 0.25) is 0 Å². The summed E-state index contributed by atoms with van der Waals surface area (Å²) in [4.78, 5) is 1.73. The van der Waals surface area contributed by atoms with Crippen molar-refractivity contribution >= 4 is 38.2 Å². The minimum atomic E-state index is -3.77. The van der Waals surface area contributed by atoms with Crippen LogP contribution >= 0.6 is 11.8 Å². The largest absolute Gasteiger partial charge is 0.506 e. The van der Waals surface area contributed by atoms with Crippen molar-refractivity contribution in [3.8, 4) is 5.75 Å². The van der Waals surface area contributed by atoms with Gasteiger partial charge in [-0.2, -0.15) is 0 Å². The highest BCUT2D eigenvalue weighted by molar-refractivity contribution is 7.99. The van der Waals surface area contributed by atoms with Gasteiger partial charge in [0.05, 0.1) is 15.5 Å². The van der Waals surface area contributed by atoms with E-state index in [2.05, 4.69) is 4.72 Å². The Morgan fingerprint density at radius 3 is 2.24 bits per heavy atom. The molecule has 4 nitrogen and oxygen atoms in total. The molecule has 0 unspecified atom stereocenters. The minimum Gasteiger partial charge on any atom is -0.506 e. The molecule has 0 saturated carbocycles. The Kier molecular flexibility index (Phi) is 5.22. The van der Waals surface area contributed by atoms with Crippen LogP contribution in [0.4, 0.5) is 5.69 Å². The quantitative estimate of drug-likeness (QED) is 0.399. The molecule has 0 aromatic heterocycles. The molecule has 0 bridgehead atoms. The number of phenols is 1. The standard InChI is InChI=1S/C23H19NO3S2/c1-16-8-7-11-18(14-16)29(26,27)24-21-15-22(28-17-9-3-2-4-10-17)23(25)20-13-6-5-12-19(20)21/h2-15,24-25H,1H3. The lowest BCUT2D eigenvalue weighted by molar-refractivity contribution is 0.469. The molecule has 0 aliphatic rings. The van der Waals surface area contributed by atoms with Crippen LogP contribution in [0.2, 0.25) is 0 Å². The average Bonchev–Trinajstić information content (AvgIpc) is 2.72. The number of benzene rings is 4. The number of aromatic hydroxyl groups is 1. The third-order valence-electron chi connectivity index (χ3n) is 4.50. The number of nitrogens with one attached hydrogen (secondary N) is 1. The fourth-order valence-corrected chi connectivity index (χ4v) is 5.20. The Morgan fingerprint density at radius 1 is 0.828 bits per heavy atom. The zero-order valence-electron chi connectivity index (χ0n) is 15.7. The van der Waals surface area contributed by atoms with E-state index in [0.717, 1.165) is 10.5 Å². The molecule has 0 aliphatic carbocycles. The zero-order chi connectivity index (χ0) is 20.4. The van der Waals surface area contributed by atoms with Crippen molar-refractivity contribution in [1.29, 1.82) is 0 Å². The van der Waals surface area contributed by atoms with Crippen molar-refractivity contribution in [3.63, 3.8) is 0 Å². The summed E-state index contributed by atoms with van der Waals surface area (Å²) in [5, 5.41) is 12.0. The third-order valence-corrected chi connectivity index (χ3v) is 6.90. The first-order chi connectivity index (χ1) is 13.9. The molecule has 4 aromatic carbocycles. The predicted octanol–water partition coefficient (Wildman–Crippen LogP) is 5.81. The van der Waals surface area contributed by atoms with E-state index in [0.29, 0.717) is 21.4 Å². The van der Waals surface area contributed by atoms with Crippen LogP contribution in [0.1, 0.15) is 5.56 Å². The Labute approximate surface area is 174 Å². The summed E-state index contributed by atoms with van der Waals surface area (Å²) >= 11 is 1.38. The zero-order valence-corrected chi connectivity index (χ0v) is 17.3. The van der Waals surface area contributed by atoms with Crippen LogP contribution in [0.3, 0.4) is 0 Å². The van der Waals surface area contributed by atoms with Gasteiger partial charge < -0.3 is 5.11 Å². The van der Waals surface area contributed by atoms with Crippen molar-refractivity contribution in [3.05, 3.63) is 90.5 Å². The molecule has 0 fully saturated rings. The summed E-state index contributed by atoms with van der Waals surface area (Å²) in [6.07, 6.45) is 0. The fourth-order valence-electron chi connectivity index (χ4n) is 3.10. The number of fused-ring (bicyclic) bond motifs is 1. The number of phenolic OH excluding ortho intramolecular Hbond substituents is 1. The van der Waals surface area contributed by atoms with E-state index >= 15 is 0 Å². The molecule has 0 heterocycles. The van der Waals surface area contributed by atoms with Gasteiger partial charge in [0.1, 0.15) is 5.75 Å². The van der Waals surface area contributed by atoms with Crippen molar-refractivity contribution in [2.75, 3.05) is 4.72 Å². The molecule has 0 aliphatic heterocycles. The second-order valence-electron chi connectivity index (χ2n) is 6.65. The van der Waals surface area contributed by atoms with E-state index in [1.807, 2.05) is 55.5 Å². The van der Waals surface area contributed by atoms with Gasteiger partial charge in [0, 0.05) is 15.7 Å². The molecule has 4 rings (SSSR count). The summed E-state index contributed by atoms with van der Waals surface area (Å²) < 4.78 is 28.6. The predicted molar refractivity (Wildman–Crippen MR) is 118 cm³/mol. The number of anilines is 1. The van der Waals surface area contributed by atoms with Crippen molar-refractivity contribution in [2.45, 2.75) is 21.6 Å². The maximum absolute atomic E-state index is 13.0. The molecule has 29 heavy (non-hydrogen) atoms. The Bertz CT molecular complexity index is 1290. The second kappa shape index (κ2) is 7.81. The van der Waals surface area contributed by atoms with Crippen LogP contribution < -0.4 is 4.72 Å². The molecular weight excluding hydrogens is 402 g/mol. The van der Waals surface area contributed by atoms with Gasteiger partial charge in [-0.15, -0.1) is 0 Å². The van der Waals surface area contributed by atoms with Crippen LogP contribution in [-0.2, 0) is 10.0 Å². The molecule has 0 radical (unpaired) electrons. The van der Waals surface area contributed by atoms with E-state index in [1.54, 1.807) is 36.4 Å². The monoisotopic (exact) mass is 421 g/mol. The van der Waals surface area contributed by atoms with Gasteiger partial charge in [-0.1, -0.05) is 66.4 Å². The van der Waals surface area contributed by atoms with Crippen LogP contribution in [0.15, 0.2) is 99.6 Å². The van der Waals surface area contributed by atoms with E-state index in [-0.39, 0.29) is 10.6 Å². The smallest absolute Gasteiger partial charge is 0.261 e. The Morgan fingerprint density at radius 2 is 1.52 bits per heavy atom. The summed E-state index contributed by atoms with van der Waals surface area (Å²) in [6.45, 7) is 1.85. The van der Waals surface area contributed by atoms with Gasteiger partial charge >= 0.3 is 0 Å². The van der Waals surface area contributed by atoms with Crippen molar-refractivity contribution in [2.24, 2.45) is 0 Å². The normalized spacial score (nSPS) is 11.5. The number of rotatable bonds is 5. The first-order valence-electron chi connectivity index (χ1n) is 9.01. The Balaban J connectivity index is 1.82. The van der Waals surface area contributed by atoms with Crippen molar-refractivity contribution < 1.29 is 13.5 Å². The molecule has 0 saturated heterocycles. The molecule has 2 N–H and O–H groups in total. The lowest BCUT2D eigenvalue weighted by Crippen LogP contribution is -2.13. The van der Waals surface area contributed by atoms with Gasteiger partial charge in [-0.3, -0.25) is 4.72 Å². The Hall–Kier alpha value is -2.96. The van der Waals surface area contributed by atoms with Gasteiger partial charge in [-0.25, -0.2) is 8.42 Å². The lowest BCUT2D eigenvalue weighted by Gasteiger charge is -2.15. The van der Waals surface area contributed by atoms with Crippen LogP contribution in [0, 0.1) is 6.92 Å². The summed E-state index contributed by atoms with van der Waals surface area (Å²) in [5.41, 5.74) is 1.29. The highest BCUT2D eigenvalue weighted by Gasteiger charge is 2.19. The molecule has 146 valence electrons. The molecule has 0 atom stereocenters. The number of hydrogen-bond donors (Lipinski definition) is 2. The first kappa shape index (κ1) is 19.4. The number of hydrogen-bond acceptors (Lipinski definition) is 4. The van der Waals surface area contributed by atoms with Crippen molar-refractivity contribution in [1.82, 2.24) is 0 Å². The maximum atomic E-state index is 13.0. The first-order valence-corrected chi connectivity index (χ1v) is 11.3. The van der Waals surface area contributed by atoms with Crippen LogP contribution in [-0.4, -0.2) is 13.5 Å². The van der Waals surface area contributed by atoms with Gasteiger partial charge in [-0.05, 0) is 42.8 Å². The van der Waals surface area contributed by atoms with Crippen LogP contribution in [0.5, 0.6) is 5.75 Å². The lowest BCUT2D eigenvalue weighted by atomic mass is 10.1. The van der Waals surface area contributed by atoms with E-state index in [1.165, 1.54) is 11.8 Å². The SMILES string of the molecule is Cc1cccc(S(=O)(=O)Nc2cc(Sc3ccccc3)c(O)c3ccccc23)c1. The average molecular weight is 422 g/mol. The number of sulfonamides is 1. The highest BCUT2D eigenvalue weighted by atomic mass is 32.2. The maximum Gasteiger partial charge on any atom is 0.261 e. The number of aryl methyl sites for hydroxylation is 1. The summed E-state index contributed by atoms with van der Waals surface area (Å²) in [5.74, 6) is 0.132. The highest BCUT2D eigenvalue weighted by Crippen LogP contribution is 2.42. The molecule has 0 amide bonds. The third kappa shape index (κ3) is 4.09. The molecular formula is C23H19NO3S2. The van der Waals surface area contributed by atoms with Crippen LogP contribution in [0.25, 0.3) is 10.8 Å². The second-order valence-corrected chi connectivity index (χ2v) is 9.45. The molecule has 0 spiro atoms. The van der Waals surface area contributed by atoms with E-state index in [9.17, 15) is 13.5 Å². The van der Waals surface area contributed by atoms with Gasteiger partial charge in [0.25, 0.3) is 10.0 Å². The summed E-state index contributed by atoms with van der Waals surface area (Å²) in [7, 11) is -3.77. The molecule has 4 aromatic rings. The topological polar surface area (TPSA) is 66.4 Å². The fraction of sp³-hybridized carbons (Fsp3) is 0.0435. The minimum absolute atomic E-state index is 0.132.